The minimum atomic E-state index is 0.528. The molecule has 0 aromatic carbocycles. The van der Waals surface area contributed by atoms with Crippen LogP contribution in [-0.4, -0.2) is 29.6 Å². The highest BCUT2D eigenvalue weighted by atomic mass is 16.5. The standard InChI is InChI=1S/C18H25N5O/c1-5-19-18(22-11-15-8-6-7-9-20-15)23-12-16-14(3)17(24-4)13(2)10-21-16/h6-10H,5,11-12H2,1-4H3,(H2,19,22,23). The van der Waals surface area contributed by atoms with Crippen LogP contribution in [0.15, 0.2) is 35.6 Å². The van der Waals surface area contributed by atoms with Gasteiger partial charge in [0.1, 0.15) is 5.75 Å². The average molecular weight is 327 g/mol. The molecule has 0 aliphatic carbocycles. The molecule has 0 saturated carbocycles. The maximum absolute atomic E-state index is 5.45. The fraction of sp³-hybridized carbons (Fsp3) is 0.389. The third kappa shape index (κ3) is 4.68. The fourth-order valence-electron chi connectivity index (χ4n) is 2.41. The summed E-state index contributed by atoms with van der Waals surface area (Å²) in [6.07, 6.45) is 3.61. The molecule has 0 spiro atoms. The maximum Gasteiger partial charge on any atom is 0.191 e. The van der Waals surface area contributed by atoms with E-state index in [1.807, 2.05) is 45.2 Å². The fourth-order valence-corrected chi connectivity index (χ4v) is 2.41. The van der Waals surface area contributed by atoms with Crippen molar-refractivity contribution < 1.29 is 4.74 Å². The van der Waals surface area contributed by atoms with Gasteiger partial charge in [-0.05, 0) is 32.9 Å². The number of aliphatic imine (C=N–C) groups is 1. The van der Waals surface area contributed by atoms with Gasteiger partial charge in [0, 0.05) is 30.1 Å². The van der Waals surface area contributed by atoms with Gasteiger partial charge in [0.05, 0.1) is 31.6 Å². The monoisotopic (exact) mass is 327 g/mol. The quantitative estimate of drug-likeness (QED) is 0.629. The van der Waals surface area contributed by atoms with Gasteiger partial charge in [-0.1, -0.05) is 6.07 Å². The second-order valence-electron chi connectivity index (χ2n) is 5.42. The summed E-state index contributed by atoms with van der Waals surface area (Å²) in [6.45, 7) is 7.95. The van der Waals surface area contributed by atoms with Gasteiger partial charge in [0.15, 0.2) is 5.96 Å². The van der Waals surface area contributed by atoms with Crippen molar-refractivity contribution in [2.45, 2.75) is 33.9 Å². The normalized spacial score (nSPS) is 11.2. The van der Waals surface area contributed by atoms with Crippen molar-refractivity contribution in [3.63, 3.8) is 0 Å². The minimum absolute atomic E-state index is 0.528. The summed E-state index contributed by atoms with van der Waals surface area (Å²) in [7, 11) is 1.69. The van der Waals surface area contributed by atoms with Gasteiger partial charge in [-0.25, -0.2) is 4.99 Å². The molecule has 2 N–H and O–H groups in total. The van der Waals surface area contributed by atoms with E-state index in [9.17, 15) is 0 Å². The molecule has 2 aromatic heterocycles. The van der Waals surface area contributed by atoms with Crippen molar-refractivity contribution in [1.82, 2.24) is 20.6 Å². The van der Waals surface area contributed by atoms with Crippen LogP contribution in [0.5, 0.6) is 5.75 Å². The summed E-state index contributed by atoms with van der Waals surface area (Å²) in [4.78, 5) is 13.3. The first-order valence-corrected chi connectivity index (χ1v) is 8.06. The van der Waals surface area contributed by atoms with Crippen LogP contribution in [-0.2, 0) is 13.1 Å². The summed E-state index contributed by atoms with van der Waals surface area (Å²) < 4.78 is 5.45. The second-order valence-corrected chi connectivity index (χ2v) is 5.42. The molecule has 0 saturated heterocycles. The topological polar surface area (TPSA) is 71.4 Å². The number of hydrogen-bond acceptors (Lipinski definition) is 4. The molecule has 0 bridgehead atoms. The Bertz CT molecular complexity index is 685. The van der Waals surface area contributed by atoms with E-state index >= 15 is 0 Å². The van der Waals surface area contributed by atoms with Gasteiger partial charge < -0.3 is 15.4 Å². The molecular weight excluding hydrogens is 302 g/mol. The van der Waals surface area contributed by atoms with Gasteiger partial charge in [0.2, 0.25) is 0 Å². The Morgan fingerprint density at radius 1 is 1.21 bits per heavy atom. The molecule has 0 unspecified atom stereocenters. The van der Waals surface area contributed by atoms with Crippen LogP contribution >= 0.6 is 0 Å². The Labute approximate surface area is 143 Å². The summed E-state index contributed by atoms with van der Waals surface area (Å²) in [5.74, 6) is 1.63. The lowest BCUT2D eigenvalue weighted by Crippen LogP contribution is -2.37. The zero-order chi connectivity index (χ0) is 17.4. The first kappa shape index (κ1) is 17.7. The average Bonchev–Trinajstić information content (AvgIpc) is 2.60. The molecule has 0 fully saturated rings. The van der Waals surface area contributed by atoms with E-state index in [1.54, 1.807) is 13.3 Å². The van der Waals surface area contributed by atoms with Gasteiger partial charge in [0.25, 0.3) is 0 Å². The molecular formula is C18H25N5O. The van der Waals surface area contributed by atoms with E-state index in [0.29, 0.717) is 13.1 Å². The number of nitrogens with zero attached hydrogens (tertiary/aromatic N) is 3. The van der Waals surface area contributed by atoms with Crippen molar-refractivity contribution in [3.8, 4) is 5.75 Å². The first-order chi connectivity index (χ1) is 11.7. The molecule has 0 amide bonds. The third-order valence-electron chi connectivity index (χ3n) is 3.64. The number of guanidine groups is 1. The number of hydrogen-bond donors (Lipinski definition) is 2. The molecule has 6 heteroatoms. The van der Waals surface area contributed by atoms with E-state index in [0.717, 1.165) is 40.8 Å². The lowest BCUT2D eigenvalue weighted by Gasteiger charge is -2.15. The summed E-state index contributed by atoms with van der Waals surface area (Å²) in [5, 5.41) is 6.55. The van der Waals surface area contributed by atoms with Crippen molar-refractivity contribution >= 4 is 5.96 Å². The zero-order valence-corrected chi connectivity index (χ0v) is 14.8. The van der Waals surface area contributed by atoms with Crippen molar-refractivity contribution in [2.75, 3.05) is 13.7 Å². The van der Waals surface area contributed by atoms with Gasteiger partial charge in [-0.3, -0.25) is 9.97 Å². The number of rotatable bonds is 6. The van der Waals surface area contributed by atoms with Gasteiger partial charge in [-0.15, -0.1) is 0 Å². The Balaban J connectivity index is 2.06. The minimum Gasteiger partial charge on any atom is -0.496 e. The van der Waals surface area contributed by atoms with E-state index in [4.69, 9.17) is 4.74 Å². The van der Waals surface area contributed by atoms with E-state index in [-0.39, 0.29) is 0 Å². The SMILES string of the molecule is CCNC(=NCc1ccccn1)NCc1ncc(C)c(OC)c1C. The number of pyridine rings is 2. The number of methoxy groups -OCH3 is 1. The highest BCUT2D eigenvalue weighted by molar-refractivity contribution is 5.79. The van der Waals surface area contributed by atoms with Crippen LogP contribution in [0.1, 0.15) is 29.4 Å². The number of ether oxygens (including phenoxy) is 1. The third-order valence-corrected chi connectivity index (χ3v) is 3.64. The molecule has 0 atom stereocenters. The molecule has 6 nitrogen and oxygen atoms in total. The molecule has 0 aliphatic heterocycles. The van der Waals surface area contributed by atoms with Crippen LogP contribution in [0.4, 0.5) is 0 Å². The summed E-state index contributed by atoms with van der Waals surface area (Å²) in [5.41, 5.74) is 3.96. The van der Waals surface area contributed by atoms with E-state index in [2.05, 4.69) is 25.6 Å². The van der Waals surface area contributed by atoms with Crippen molar-refractivity contribution in [3.05, 3.63) is 53.1 Å². The van der Waals surface area contributed by atoms with Gasteiger partial charge in [-0.2, -0.15) is 0 Å². The lowest BCUT2D eigenvalue weighted by molar-refractivity contribution is 0.406. The maximum atomic E-state index is 5.45. The van der Waals surface area contributed by atoms with Crippen molar-refractivity contribution in [1.29, 1.82) is 0 Å². The molecule has 24 heavy (non-hydrogen) atoms. The second kappa shape index (κ2) is 8.86. The van der Waals surface area contributed by atoms with Crippen molar-refractivity contribution in [2.24, 2.45) is 4.99 Å². The van der Waals surface area contributed by atoms with E-state index in [1.165, 1.54) is 0 Å². The lowest BCUT2D eigenvalue weighted by atomic mass is 10.1. The molecule has 128 valence electrons. The highest BCUT2D eigenvalue weighted by Gasteiger charge is 2.09. The Morgan fingerprint density at radius 2 is 2.04 bits per heavy atom. The largest absolute Gasteiger partial charge is 0.496 e. The molecule has 0 radical (unpaired) electrons. The predicted molar refractivity (Wildman–Crippen MR) is 96.2 cm³/mol. The smallest absolute Gasteiger partial charge is 0.191 e. The first-order valence-electron chi connectivity index (χ1n) is 8.06. The van der Waals surface area contributed by atoms with Crippen LogP contribution in [0.2, 0.25) is 0 Å². The molecule has 0 aliphatic rings. The number of nitrogens with one attached hydrogen (secondary N) is 2. The van der Waals surface area contributed by atoms with Gasteiger partial charge >= 0.3 is 0 Å². The number of aromatic nitrogens is 2. The van der Waals surface area contributed by atoms with Crippen LogP contribution in [0.3, 0.4) is 0 Å². The number of aryl methyl sites for hydroxylation is 1. The Morgan fingerprint density at radius 3 is 2.71 bits per heavy atom. The van der Waals surface area contributed by atoms with Crippen LogP contribution in [0, 0.1) is 13.8 Å². The summed E-state index contributed by atoms with van der Waals surface area (Å²) >= 11 is 0. The summed E-state index contributed by atoms with van der Waals surface area (Å²) in [6, 6.07) is 5.82. The molecule has 2 heterocycles. The molecule has 2 rings (SSSR count). The van der Waals surface area contributed by atoms with E-state index < -0.39 is 0 Å². The molecule has 2 aromatic rings. The zero-order valence-electron chi connectivity index (χ0n) is 14.8. The highest BCUT2D eigenvalue weighted by Crippen LogP contribution is 2.23. The Kier molecular flexibility index (Phi) is 6.54. The predicted octanol–water partition coefficient (Wildman–Crippen LogP) is 2.36. The van der Waals surface area contributed by atoms with Crippen LogP contribution in [0.25, 0.3) is 0 Å². The van der Waals surface area contributed by atoms with Crippen LogP contribution < -0.4 is 15.4 Å². The Hall–Kier alpha value is -2.63.